The van der Waals surface area contributed by atoms with Crippen molar-refractivity contribution in [3.05, 3.63) is 53.1 Å². The Labute approximate surface area is 197 Å². The molecule has 3 atom stereocenters. The molecule has 1 unspecified atom stereocenters. The summed E-state index contributed by atoms with van der Waals surface area (Å²) in [6.45, 7) is 6.00. The van der Waals surface area contributed by atoms with Crippen LogP contribution in [0.25, 0.3) is 22.2 Å². The molecule has 7 heteroatoms. The maximum absolute atomic E-state index is 14.4. The molecule has 2 N–H and O–H groups in total. The van der Waals surface area contributed by atoms with Crippen LogP contribution in [0.2, 0.25) is 5.02 Å². The number of hydrogen-bond acceptors (Lipinski definition) is 4. The number of rotatable bonds is 3. The number of thioether (sulfide) groups is 1. The number of nitrogens with zero attached hydrogens (tertiary/aromatic N) is 2. The fraction of sp³-hybridized carbons (Fsp3) is 0.480. The minimum atomic E-state index is -0.998. The van der Waals surface area contributed by atoms with Crippen molar-refractivity contribution in [2.75, 3.05) is 24.6 Å². The van der Waals surface area contributed by atoms with Gasteiger partial charge >= 0.3 is 0 Å². The van der Waals surface area contributed by atoms with Crippen molar-refractivity contribution in [3.63, 3.8) is 0 Å². The molecule has 0 aliphatic carbocycles. The number of pyridine rings is 1. The number of H-pyrrole nitrogens is 1. The van der Waals surface area contributed by atoms with Gasteiger partial charge in [-0.2, -0.15) is 11.8 Å². The smallest absolute Gasteiger partial charge is 0.150 e. The molecule has 2 saturated heterocycles. The molecule has 0 bridgehead atoms. The highest BCUT2D eigenvalue weighted by Crippen LogP contribution is 2.46. The summed E-state index contributed by atoms with van der Waals surface area (Å²) < 4.78 is 14.4. The van der Waals surface area contributed by atoms with Crippen molar-refractivity contribution in [1.82, 2.24) is 14.9 Å². The third-order valence-electron chi connectivity index (χ3n) is 7.46. The summed E-state index contributed by atoms with van der Waals surface area (Å²) in [5, 5.41) is 12.9. The molecule has 3 aromatic rings. The van der Waals surface area contributed by atoms with E-state index in [0.29, 0.717) is 22.1 Å². The molecule has 1 aromatic carbocycles. The van der Waals surface area contributed by atoms with E-state index in [-0.39, 0.29) is 17.7 Å². The molecule has 0 amide bonds. The fourth-order valence-corrected chi connectivity index (χ4v) is 7.10. The van der Waals surface area contributed by atoms with Crippen LogP contribution in [-0.2, 0) is 5.60 Å². The molecule has 2 aliphatic rings. The lowest BCUT2D eigenvalue weighted by Crippen LogP contribution is -2.57. The first-order valence-corrected chi connectivity index (χ1v) is 12.9. The molecular weight excluding hydrogens is 445 g/mol. The molecule has 170 valence electrons. The van der Waals surface area contributed by atoms with Gasteiger partial charge in [-0.25, -0.2) is 9.37 Å². The van der Waals surface area contributed by atoms with Gasteiger partial charge in [0.15, 0.2) is 5.82 Å². The van der Waals surface area contributed by atoms with E-state index < -0.39 is 5.60 Å². The maximum Gasteiger partial charge on any atom is 0.150 e. The van der Waals surface area contributed by atoms with E-state index in [1.165, 1.54) is 30.5 Å². The molecule has 2 aromatic heterocycles. The summed E-state index contributed by atoms with van der Waals surface area (Å²) in [6, 6.07) is 8.12. The maximum atomic E-state index is 14.4. The van der Waals surface area contributed by atoms with Gasteiger partial charge < -0.3 is 10.1 Å². The first-order chi connectivity index (χ1) is 15.4. The second kappa shape index (κ2) is 8.64. The lowest BCUT2D eigenvalue weighted by atomic mass is 9.70. The summed E-state index contributed by atoms with van der Waals surface area (Å²) >= 11 is 8.83. The van der Waals surface area contributed by atoms with Gasteiger partial charge in [0.2, 0.25) is 0 Å². The Bertz CT molecular complexity index is 1120. The van der Waals surface area contributed by atoms with Gasteiger partial charge in [0, 0.05) is 53.9 Å². The zero-order valence-corrected chi connectivity index (χ0v) is 20.0. The van der Waals surface area contributed by atoms with E-state index in [1.807, 2.05) is 30.0 Å². The number of aromatic amines is 1. The van der Waals surface area contributed by atoms with Crippen molar-refractivity contribution >= 4 is 34.4 Å². The van der Waals surface area contributed by atoms with Crippen molar-refractivity contribution < 1.29 is 9.50 Å². The number of fused-ring (bicyclic) bond motifs is 1. The largest absolute Gasteiger partial charge is 0.384 e. The Hall–Kier alpha value is -1.60. The normalized spacial score (nSPS) is 27.8. The summed E-state index contributed by atoms with van der Waals surface area (Å²) in [4.78, 5) is 9.64. The van der Waals surface area contributed by atoms with E-state index in [4.69, 9.17) is 11.6 Å². The number of aromatic nitrogens is 2. The quantitative estimate of drug-likeness (QED) is 0.512. The minimum Gasteiger partial charge on any atom is -0.384 e. The summed E-state index contributed by atoms with van der Waals surface area (Å²) in [6.07, 6.45) is 5.44. The topological polar surface area (TPSA) is 52.1 Å². The van der Waals surface area contributed by atoms with Crippen molar-refractivity contribution in [2.24, 2.45) is 11.8 Å². The molecule has 4 heterocycles. The zero-order chi connectivity index (χ0) is 22.5. The van der Waals surface area contributed by atoms with Gasteiger partial charge in [-0.15, -0.1) is 0 Å². The molecule has 4 nitrogen and oxygen atoms in total. The van der Waals surface area contributed by atoms with Crippen LogP contribution >= 0.6 is 23.4 Å². The molecule has 32 heavy (non-hydrogen) atoms. The number of likely N-dealkylation sites (tertiary alicyclic amines) is 1. The first kappa shape index (κ1) is 22.2. The summed E-state index contributed by atoms with van der Waals surface area (Å²) in [7, 11) is 0. The molecular formula is C25H29ClFN3OS. The molecule has 2 aliphatic heterocycles. The molecule has 2 fully saturated rings. The van der Waals surface area contributed by atoms with E-state index in [9.17, 15) is 9.50 Å². The second-order valence-electron chi connectivity index (χ2n) is 9.34. The average molecular weight is 474 g/mol. The lowest BCUT2D eigenvalue weighted by molar-refractivity contribution is -0.120. The average Bonchev–Trinajstić information content (AvgIpc) is 3.18. The number of aliphatic hydroxyl groups is 1. The van der Waals surface area contributed by atoms with Crippen LogP contribution in [0.3, 0.4) is 0 Å². The van der Waals surface area contributed by atoms with Crippen LogP contribution in [0.15, 0.2) is 36.7 Å². The third-order valence-corrected chi connectivity index (χ3v) is 8.82. The van der Waals surface area contributed by atoms with E-state index >= 15 is 0 Å². The minimum absolute atomic E-state index is 0.0546. The van der Waals surface area contributed by atoms with Gasteiger partial charge in [0.25, 0.3) is 0 Å². The fourth-order valence-electron chi connectivity index (χ4n) is 5.69. The Balaban J connectivity index is 1.46. The number of hydrogen-bond donors (Lipinski definition) is 2. The van der Waals surface area contributed by atoms with Crippen LogP contribution in [0.4, 0.5) is 4.39 Å². The SMILES string of the molecule is C[C@@H]1CN(C2CCSCC2)C[C@H](C)C1(O)c1ccc(-c2ccnc3[nH]cc(F)c23)cc1Cl. The van der Waals surface area contributed by atoms with Crippen molar-refractivity contribution in [1.29, 1.82) is 0 Å². The highest BCUT2D eigenvalue weighted by molar-refractivity contribution is 7.99. The molecule has 0 spiro atoms. The first-order valence-electron chi connectivity index (χ1n) is 11.4. The van der Waals surface area contributed by atoms with Crippen LogP contribution in [0.1, 0.15) is 32.3 Å². The van der Waals surface area contributed by atoms with E-state index in [2.05, 4.69) is 28.7 Å². The van der Waals surface area contributed by atoms with Gasteiger partial charge in [-0.05, 0) is 47.6 Å². The van der Waals surface area contributed by atoms with E-state index in [0.717, 1.165) is 29.8 Å². The van der Waals surface area contributed by atoms with Gasteiger partial charge in [-0.1, -0.05) is 37.6 Å². The van der Waals surface area contributed by atoms with Crippen LogP contribution in [0, 0.1) is 17.7 Å². The standard InChI is InChI=1S/C25H29ClFN3OS/c1-15-13-30(18-6-9-32-10-7-18)14-16(2)25(15,31)20-4-3-17(11-21(20)26)19-5-8-28-24-23(19)22(27)12-29-24/h3-5,8,11-12,15-16,18,31H,6-7,9-10,13-14H2,1-2H3,(H,28,29)/t15-,16+,25?. The third kappa shape index (κ3) is 3.65. The highest BCUT2D eigenvalue weighted by Gasteiger charge is 2.47. The monoisotopic (exact) mass is 473 g/mol. The highest BCUT2D eigenvalue weighted by atomic mass is 35.5. The summed E-state index contributed by atoms with van der Waals surface area (Å²) in [5.74, 6) is 2.23. The number of piperidine rings is 1. The van der Waals surface area contributed by atoms with Crippen LogP contribution < -0.4 is 0 Å². The Morgan fingerprint density at radius 2 is 1.91 bits per heavy atom. The predicted octanol–water partition coefficient (Wildman–Crippen LogP) is 5.69. The Morgan fingerprint density at radius 1 is 1.19 bits per heavy atom. The number of halogens is 2. The van der Waals surface area contributed by atoms with Gasteiger partial charge in [0.1, 0.15) is 5.65 Å². The van der Waals surface area contributed by atoms with Gasteiger partial charge in [0.05, 0.1) is 11.0 Å². The zero-order valence-electron chi connectivity index (χ0n) is 18.4. The summed E-state index contributed by atoms with van der Waals surface area (Å²) in [5.41, 5.74) is 1.82. The van der Waals surface area contributed by atoms with Crippen molar-refractivity contribution in [3.8, 4) is 11.1 Å². The lowest BCUT2D eigenvalue weighted by Gasteiger charge is -2.51. The number of benzene rings is 1. The van der Waals surface area contributed by atoms with E-state index in [1.54, 1.807) is 12.3 Å². The van der Waals surface area contributed by atoms with Crippen molar-refractivity contribution in [2.45, 2.75) is 38.3 Å². The predicted molar refractivity (Wildman–Crippen MR) is 131 cm³/mol. The Kier molecular flexibility index (Phi) is 5.99. The number of nitrogens with one attached hydrogen (secondary N) is 1. The van der Waals surface area contributed by atoms with Crippen LogP contribution in [0.5, 0.6) is 0 Å². The second-order valence-corrected chi connectivity index (χ2v) is 11.0. The van der Waals surface area contributed by atoms with Gasteiger partial charge in [-0.3, -0.25) is 4.90 Å². The molecule has 0 saturated carbocycles. The van der Waals surface area contributed by atoms with Crippen LogP contribution in [-0.4, -0.2) is 50.6 Å². The molecule has 0 radical (unpaired) electrons. The molecule has 5 rings (SSSR count). The Morgan fingerprint density at radius 3 is 2.59 bits per heavy atom.